The van der Waals surface area contributed by atoms with Crippen molar-refractivity contribution in [1.82, 2.24) is 10.4 Å². The van der Waals surface area contributed by atoms with Crippen LogP contribution in [-0.4, -0.2) is 66.6 Å². The van der Waals surface area contributed by atoms with Crippen LogP contribution in [0, 0.1) is 0 Å². The van der Waals surface area contributed by atoms with E-state index < -0.39 is 23.8 Å². The van der Waals surface area contributed by atoms with Crippen molar-refractivity contribution >= 4 is 11.8 Å². The van der Waals surface area contributed by atoms with Gasteiger partial charge in [0.25, 0.3) is 11.8 Å². The molecule has 2 N–H and O–H groups in total. The summed E-state index contributed by atoms with van der Waals surface area (Å²) >= 11 is 0. The summed E-state index contributed by atoms with van der Waals surface area (Å²) in [7, 11) is 1.48. The number of β-amino-alcohol motifs (C(OH)–C–C–N with tert-alkyl or cyclic N) is 1. The van der Waals surface area contributed by atoms with E-state index >= 15 is 0 Å². The molecule has 2 saturated heterocycles. The lowest BCUT2D eigenvalue weighted by Crippen LogP contribution is -2.47. The molecule has 3 atom stereocenters. The highest BCUT2D eigenvalue weighted by atomic mass is 16.8. The molecule has 2 heterocycles. The van der Waals surface area contributed by atoms with Crippen molar-refractivity contribution in [2.75, 3.05) is 26.9 Å². The van der Waals surface area contributed by atoms with Crippen LogP contribution in [0.5, 0.6) is 0 Å². The lowest BCUT2D eigenvalue weighted by atomic mass is 10.0. The standard InChI is InChI=1S/C28H36N2O6/c1-3-6-20-8-10-21(11-9-20)22-12-14-23(15-13-22)27(32)30-18-28(33,19-34-2)17-24(30)26(31)29-36-25-7-4-5-16-35-25/h8-15,24-25,33H,3-7,16-19H2,1-2H3,(H,29,31)/t24-,25?,28+/m0/s1. The third-order valence-corrected chi connectivity index (χ3v) is 6.78. The summed E-state index contributed by atoms with van der Waals surface area (Å²) in [4.78, 5) is 33.3. The highest BCUT2D eigenvalue weighted by Gasteiger charge is 2.48. The van der Waals surface area contributed by atoms with E-state index in [4.69, 9.17) is 14.3 Å². The first-order valence-corrected chi connectivity index (χ1v) is 12.7. The van der Waals surface area contributed by atoms with Gasteiger partial charge in [0.1, 0.15) is 11.6 Å². The fourth-order valence-electron chi connectivity index (χ4n) is 4.90. The van der Waals surface area contributed by atoms with Crippen LogP contribution in [0.1, 0.15) is 54.9 Å². The highest BCUT2D eigenvalue weighted by Crippen LogP contribution is 2.30. The summed E-state index contributed by atoms with van der Waals surface area (Å²) < 4.78 is 10.7. The van der Waals surface area contributed by atoms with E-state index in [0.717, 1.165) is 36.8 Å². The van der Waals surface area contributed by atoms with Crippen LogP contribution in [0.4, 0.5) is 0 Å². The quantitative estimate of drug-likeness (QED) is 0.516. The molecule has 0 bridgehead atoms. The molecule has 4 rings (SSSR count). The van der Waals surface area contributed by atoms with Gasteiger partial charge >= 0.3 is 0 Å². The Balaban J connectivity index is 1.46. The van der Waals surface area contributed by atoms with Gasteiger partial charge in [-0.05, 0) is 48.1 Å². The van der Waals surface area contributed by atoms with E-state index in [0.29, 0.717) is 18.6 Å². The first-order chi connectivity index (χ1) is 17.4. The molecule has 2 aromatic carbocycles. The van der Waals surface area contributed by atoms with Crippen LogP contribution in [-0.2, 0) is 25.5 Å². The highest BCUT2D eigenvalue weighted by molar-refractivity contribution is 5.98. The summed E-state index contributed by atoms with van der Waals surface area (Å²) in [6.45, 7) is 2.74. The Kier molecular flexibility index (Phi) is 8.74. The van der Waals surface area contributed by atoms with E-state index in [2.05, 4.69) is 36.7 Å². The minimum Gasteiger partial charge on any atom is -0.386 e. The minimum absolute atomic E-state index is 0.0140. The van der Waals surface area contributed by atoms with E-state index in [9.17, 15) is 14.7 Å². The Bertz CT molecular complexity index is 1020. The summed E-state index contributed by atoms with van der Waals surface area (Å²) in [6.07, 6.45) is 4.31. The van der Waals surface area contributed by atoms with Crippen LogP contribution in [0.25, 0.3) is 11.1 Å². The van der Waals surface area contributed by atoms with Crippen LogP contribution < -0.4 is 5.48 Å². The number of methoxy groups -OCH3 is 1. The van der Waals surface area contributed by atoms with Crippen molar-refractivity contribution in [3.05, 3.63) is 59.7 Å². The number of nitrogens with one attached hydrogen (secondary N) is 1. The second kappa shape index (κ2) is 12.0. The third kappa shape index (κ3) is 6.31. The second-order valence-electron chi connectivity index (χ2n) is 9.71. The predicted octanol–water partition coefficient (Wildman–Crippen LogP) is 3.47. The molecule has 2 aromatic rings. The maximum absolute atomic E-state index is 13.5. The monoisotopic (exact) mass is 496 g/mol. The van der Waals surface area contributed by atoms with Gasteiger partial charge in [-0.2, -0.15) is 0 Å². The maximum atomic E-state index is 13.5. The molecular formula is C28H36N2O6. The van der Waals surface area contributed by atoms with Gasteiger partial charge in [0, 0.05) is 32.1 Å². The molecule has 2 fully saturated rings. The number of nitrogens with zero attached hydrogens (tertiary/aromatic N) is 1. The Morgan fingerprint density at radius 1 is 1.11 bits per heavy atom. The van der Waals surface area contributed by atoms with Crippen LogP contribution >= 0.6 is 0 Å². The van der Waals surface area contributed by atoms with Gasteiger partial charge in [-0.15, -0.1) is 0 Å². The Hall–Kier alpha value is -2.78. The SMILES string of the molecule is CCCc1ccc(-c2ccc(C(=O)N3C[C@@](O)(COC)C[C@H]3C(=O)NOC3CCCCO3)cc2)cc1. The molecule has 194 valence electrons. The van der Waals surface area contributed by atoms with Gasteiger partial charge < -0.3 is 19.5 Å². The average molecular weight is 497 g/mol. The van der Waals surface area contributed by atoms with Gasteiger partial charge in [0.15, 0.2) is 6.29 Å². The smallest absolute Gasteiger partial charge is 0.266 e. The number of amides is 2. The summed E-state index contributed by atoms with van der Waals surface area (Å²) in [5.41, 5.74) is 4.94. The van der Waals surface area contributed by atoms with Gasteiger partial charge in [-0.3, -0.25) is 9.59 Å². The number of aliphatic hydroxyl groups is 1. The largest absolute Gasteiger partial charge is 0.386 e. The number of ether oxygens (including phenoxy) is 2. The van der Waals surface area contributed by atoms with E-state index in [1.807, 2.05) is 12.1 Å². The van der Waals surface area contributed by atoms with Crippen molar-refractivity contribution in [3.63, 3.8) is 0 Å². The van der Waals surface area contributed by atoms with Crippen molar-refractivity contribution in [2.24, 2.45) is 0 Å². The first kappa shape index (κ1) is 26.3. The number of carbonyl (C=O) groups is 2. The van der Waals surface area contributed by atoms with Crippen molar-refractivity contribution in [3.8, 4) is 11.1 Å². The van der Waals surface area contributed by atoms with Gasteiger partial charge in [0.2, 0.25) is 0 Å². The molecule has 8 nitrogen and oxygen atoms in total. The number of benzene rings is 2. The number of aryl methyl sites for hydroxylation is 1. The Morgan fingerprint density at radius 2 is 1.81 bits per heavy atom. The molecule has 0 saturated carbocycles. The molecule has 2 aliphatic heterocycles. The molecule has 8 heteroatoms. The van der Waals surface area contributed by atoms with Crippen LogP contribution in [0.3, 0.4) is 0 Å². The van der Waals surface area contributed by atoms with Crippen molar-refractivity contribution in [2.45, 2.75) is 63.4 Å². The Labute approximate surface area is 212 Å². The molecule has 2 amide bonds. The number of hydrogen-bond acceptors (Lipinski definition) is 6. The summed E-state index contributed by atoms with van der Waals surface area (Å²) in [5.74, 6) is -0.825. The first-order valence-electron chi connectivity index (χ1n) is 12.7. The maximum Gasteiger partial charge on any atom is 0.266 e. The normalized spacial score (nSPS) is 24.0. The zero-order valence-corrected chi connectivity index (χ0v) is 21.1. The van der Waals surface area contributed by atoms with Crippen molar-refractivity contribution < 1.29 is 29.0 Å². The molecule has 0 aromatic heterocycles. The molecule has 0 spiro atoms. The fourth-order valence-corrected chi connectivity index (χ4v) is 4.90. The minimum atomic E-state index is -1.33. The summed E-state index contributed by atoms with van der Waals surface area (Å²) in [6, 6.07) is 14.8. The van der Waals surface area contributed by atoms with E-state index in [1.165, 1.54) is 17.6 Å². The van der Waals surface area contributed by atoms with Gasteiger partial charge in [0.05, 0.1) is 13.2 Å². The lowest BCUT2D eigenvalue weighted by molar-refractivity contribution is -0.202. The third-order valence-electron chi connectivity index (χ3n) is 6.78. The topological polar surface area (TPSA) is 97.3 Å². The van der Waals surface area contributed by atoms with Crippen LogP contribution in [0.15, 0.2) is 48.5 Å². The summed E-state index contributed by atoms with van der Waals surface area (Å²) in [5, 5.41) is 11.0. The molecule has 36 heavy (non-hydrogen) atoms. The van der Waals surface area contributed by atoms with Gasteiger partial charge in [-0.1, -0.05) is 49.7 Å². The van der Waals surface area contributed by atoms with Gasteiger partial charge in [-0.25, -0.2) is 10.3 Å². The fraction of sp³-hybridized carbons (Fsp3) is 0.500. The number of hydrogen-bond donors (Lipinski definition) is 2. The Morgan fingerprint density at radius 3 is 2.42 bits per heavy atom. The lowest BCUT2D eigenvalue weighted by Gasteiger charge is -2.26. The van der Waals surface area contributed by atoms with Crippen LogP contribution in [0.2, 0.25) is 0 Å². The van der Waals surface area contributed by atoms with Crippen molar-refractivity contribution in [1.29, 1.82) is 0 Å². The number of carbonyl (C=O) groups excluding carboxylic acids is 2. The molecule has 2 aliphatic rings. The average Bonchev–Trinajstić information content (AvgIpc) is 3.26. The molecule has 0 aliphatic carbocycles. The number of rotatable bonds is 9. The molecule has 0 radical (unpaired) electrons. The number of hydroxylamine groups is 1. The second-order valence-corrected chi connectivity index (χ2v) is 9.71. The van der Waals surface area contributed by atoms with E-state index in [1.54, 1.807) is 12.1 Å². The number of likely N-dealkylation sites (tertiary alicyclic amines) is 1. The van der Waals surface area contributed by atoms with E-state index in [-0.39, 0.29) is 25.5 Å². The predicted molar refractivity (Wildman–Crippen MR) is 135 cm³/mol. The molecule has 1 unspecified atom stereocenters. The zero-order valence-electron chi connectivity index (χ0n) is 21.1. The zero-order chi connectivity index (χ0) is 25.5. The molecular weight excluding hydrogens is 460 g/mol.